The molecule has 114 valence electrons. The van der Waals surface area contributed by atoms with E-state index in [1.165, 1.54) is 13.8 Å². The molecule has 0 aliphatic carbocycles. The Bertz CT molecular complexity index is 350. The zero-order valence-electron chi connectivity index (χ0n) is 11.1. The predicted molar refractivity (Wildman–Crippen MR) is 67.3 cm³/mol. The minimum absolute atomic E-state index is 0.0625. The number of urea groups is 2. The highest BCUT2D eigenvalue weighted by atomic mass is 16.4. The Hall–Kier alpha value is -2.52. The van der Waals surface area contributed by atoms with Crippen LogP contribution in [0.15, 0.2) is 0 Å². The van der Waals surface area contributed by atoms with Gasteiger partial charge >= 0.3 is 24.0 Å². The molecule has 0 bridgehead atoms. The van der Waals surface area contributed by atoms with Gasteiger partial charge in [0.15, 0.2) is 0 Å². The predicted octanol–water partition coefficient (Wildman–Crippen LogP) is -1.47. The first kappa shape index (κ1) is 17.5. The van der Waals surface area contributed by atoms with E-state index in [0.717, 1.165) is 0 Å². The number of aliphatic carboxylic acids is 2. The molecule has 0 saturated carbocycles. The van der Waals surface area contributed by atoms with Crippen LogP contribution in [-0.4, -0.2) is 59.4 Å². The molecule has 0 aromatic carbocycles. The second-order valence-electron chi connectivity index (χ2n) is 3.92. The van der Waals surface area contributed by atoms with Gasteiger partial charge in [0.25, 0.3) is 0 Å². The Morgan fingerprint density at radius 2 is 1.10 bits per heavy atom. The Kier molecular flexibility index (Phi) is 7.48. The van der Waals surface area contributed by atoms with Crippen molar-refractivity contribution < 1.29 is 29.4 Å². The number of carbonyl (C=O) groups excluding carboxylic acids is 2. The Morgan fingerprint density at radius 1 is 0.800 bits per heavy atom. The topological polar surface area (TPSA) is 157 Å². The minimum atomic E-state index is -1.17. The molecule has 0 aromatic rings. The number of rotatable bonds is 7. The van der Waals surface area contributed by atoms with Crippen molar-refractivity contribution in [2.24, 2.45) is 0 Å². The highest BCUT2D eigenvalue weighted by Gasteiger charge is 2.14. The van der Waals surface area contributed by atoms with Crippen molar-refractivity contribution in [1.82, 2.24) is 21.3 Å². The summed E-state index contributed by atoms with van der Waals surface area (Å²) in [5.41, 5.74) is 0. The van der Waals surface area contributed by atoms with Crippen LogP contribution in [-0.2, 0) is 9.59 Å². The Morgan fingerprint density at radius 3 is 1.35 bits per heavy atom. The van der Waals surface area contributed by atoms with Gasteiger partial charge in [-0.15, -0.1) is 0 Å². The van der Waals surface area contributed by atoms with Crippen LogP contribution in [0.5, 0.6) is 0 Å². The number of carboxylic acid groups (broad SMARTS) is 2. The molecular weight excluding hydrogens is 272 g/mol. The zero-order chi connectivity index (χ0) is 15.7. The number of carbonyl (C=O) groups is 4. The molecule has 0 saturated heterocycles. The van der Waals surface area contributed by atoms with E-state index in [-0.39, 0.29) is 13.1 Å². The fourth-order valence-corrected chi connectivity index (χ4v) is 0.971. The molecule has 0 aromatic heterocycles. The molecule has 4 amide bonds. The maximum absolute atomic E-state index is 11.2. The molecule has 0 unspecified atom stereocenters. The zero-order valence-corrected chi connectivity index (χ0v) is 11.1. The first-order valence-electron chi connectivity index (χ1n) is 5.78. The van der Waals surface area contributed by atoms with E-state index in [1.807, 2.05) is 0 Å². The van der Waals surface area contributed by atoms with Crippen LogP contribution in [0.2, 0.25) is 0 Å². The van der Waals surface area contributed by atoms with Gasteiger partial charge in [0.1, 0.15) is 12.1 Å². The summed E-state index contributed by atoms with van der Waals surface area (Å²) in [5.74, 6) is -2.33. The third-order valence-corrected chi connectivity index (χ3v) is 2.13. The lowest BCUT2D eigenvalue weighted by molar-refractivity contribution is -0.139. The van der Waals surface area contributed by atoms with Crippen LogP contribution in [0, 0.1) is 0 Å². The number of nitrogens with one attached hydrogen (secondary N) is 4. The van der Waals surface area contributed by atoms with Gasteiger partial charge in [-0.05, 0) is 13.8 Å². The first-order valence-corrected chi connectivity index (χ1v) is 5.78. The molecule has 0 radical (unpaired) electrons. The fraction of sp³-hybridized carbons (Fsp3) is 0.600. The second-order valence-corrected chi connectivity index (χ2v) is 3.92. The van der Waals surface area contributed by atoms with E-state index in [0.29, 0.717) is 0 Å². The molecule has 0 aliphatic heterocycles. The summed E-state index contributed by atoms with van der Waals surface area (Å²) in [6, 6.07) is -3.41. The lowest BCUT2D eigenvalue weighted by atomic mass is 10.3. The van der Waals surface area contributed by atoms with Crippen molar-refractivity contribution in [3.63, 3.8) is 0 Å². The Balaban J connectivity index is 3.76. The van der Waals surface area contributed by atoms with Gasteiger partial charge in [-0.3, -0.25) is 9.59 Å². The van der Waals surface area contributed by atoms with Crippen molar-refractivity contribution in [3.8, 4) is 0 Å². The molecule has 10 heteroatoms. The summed E-state index contributed by atoms with van der Waals surface area (Å²) in [6.45, 7) is 2.74. The van der Waals surface area contributed by atoms with Crippen molar-refractivity contribution in [2.75, 3.05) is 13.1 Å². The van der Waals surface area contributed by atoms with Gasteiger partial charge in [0.05, 0.1) is 0 Å². The third kappa shape index (κ3) is 7.74. The van der Waals surface area contributed by atoms with Crippen LogP contribution in [0.3, 0.4) is 0 Å². The summed E-state index contributed by atoms with van der Waals surface area (Å²) >= 11 is 0. The molecular formula is C10H18N4O6. The van der Waals surface area contributed by atoms with Gasteiger partial charge in [-0.2, -0.15) is 0 Å². The molecule has 0 aliphatic rings. The van der Waals surface area contributed by atoms with Crippen molar-refractivity contribution in [3.05, 3.63) is 0 Å². The summed E-state index contributed by atoms with van der Waals surface area (Å²) in [6.07, 6.45) is 0. The van der Waals surface area contributed by atoms with E-state index in [4.69, 9.17) is 10.2 Å². The van der Waals surface area contributed by atoms with Crippen molar-refractivity contribution >= 4 is 24.0 Å². The quantitative estimate of drug-likeness (QED) is 0.314. The highest BCUT2D eigenvalue weighted by molar-refractivity contribution is 5.83. The average Bonchev–Trinajstić information content (AvgIpc) is 2.34. The number of carboxylic acids is 2. The molecule has 0 heterocycles. The first-order chi connectivity index (χ1) is 9.23. The van der Waals surface area contributed by atoms with E-state index < -0.39 is 36.1 Å². The molecule has 0 fully saturated rings. The summed E-state index contributed by atoms with van der Waals surface area (Å²) in [5, 5.41) is 26.1. The SMILES string of the molecule is C[C@@H](NC(=O)NCCNC(=O)N[C@H](C)C(=O)O)C(=O)O. The van der Waals surface area contributed by atoms with E-state index in [2.05, 4.69) is 21.3 Å². The van der Waals surface area contributed by atoms with E-state index >= 15 is 0 Å². The number of amides is 4. The second kappa shape index (κ2) is 8.56. The summed E-state index contributed by atoms with van der Waals surface area (Å²) in [4.78, 5) is 43.3. The molecule has 0 spiro atoms. The van der Waals surface area contributed by atoms with Gasteiger partial charge in [0.2, 0.25) is 0 Å². The molecule has 20 heavy (non-hydrogen) atoms. The summed E-state index contributed by atoms with van der Waals surface area (Å²) < 4.78 is 0. The van der Waals surface area contributed by atoms with Gasteiger partial charge in [-0.25, -0.2) is 9.59 Å². The van der Waals surface area contributed by atoms with Gasteiger partial charge < -0.3 is 31.5 Å². The van der Waals surface area contributed by atoms with E-state index in [1.54, 1.807) is 0 Å². The van der Waals surface area contributed by atoms with Crippen molar-refractivity contribution in [2.45, 2.75) is 25.9 Å². The van der Waals surface area contributed by atoms with Crippen LogP contribution < -0.4 is 21.3 Å². The fourth-order valence-electron chi connectivity index (χ4n) is 0.971. The number of hydrogen-bond acceptors (Lipinski definition) is 4. The molecule has 10 nitrogen and oxygen atoms in total. The summed E-state index contributed by atoms with van der Waals surface area (Å²) in [7, 11) is 0. The van der Waals surface area contributed by atoms with Crippen LogP contribution in [0.1, 0.15) is 13.8 Å². The van der Waals surface area contributed by atoms with Crippen LogP contribution in [0.25, 0.3) is 0 Å². The van der Waals surface area contributed by atoms with Crippen LogP contribution >= 0.6 is 0 Å². The lowest BCUT2D eigenvalue weighted by Gasteiger charge is -2.12. The molecule has 0 rings (SSSR count). The largest absolute Gasteiger partial charge is 0.480 e. The van der Waals surface area contributed by atoms with E-state index in [9.17, 15) is 19.2 Å². The van der Waals surface area contributed by atoms with Gasteiger partial charge in [-0.1, -0.05) is 0 Å². The smallest absolute Gasteiger partial charge is 0.325 e. The maximum atomic E-state index is 11.2. The highest BCUT2D eigenvalue weighted by Crippen LogP contribution is 1.81. The normalized spacial score (nSPS) is 12.7. The number of hydrogen-bond donors (Lipinski definition) is 6. The van der Waals surface area contributed by atoms with Crippen LogP contribution in [0.4, 0.5) is 9.59 Å². The van der Waals surface area contributed by atoms with Crippen molar-refractivity contribution in [1.29, 1.82) is 0 Å². The average molecular weight is 290 g/mol. The maximum Gasteiger partial charge on any atom is 0.325 e. The standard InChI is InChI=1S/C10H18N4O6/c1-5(7(15)16)13-9(19)11-3-4-12-10(20)14-6(2)8(17)18/h5-6H,3-4H2,1-2H3,(H,15,16)(H,17,18)(H2,11,13,19)(H2,12,14,20)/t5-,6-/m1/s1. The molecule has 2 atom stereocenters. The monoisotopic (exact) mass is 290 g/mol. The third-order valence-electron chi connectivity index (χ3n) is 2.13. The Labute approximate surface area is 114 Å². The van der Waals surface area contributed by atoms with Gasteiger partial charge in [0, 0.05) is 13.1 Å². The minimum Gasteiger partial charge on any atom is -0.480 e. The molecule has 6 N–H and O–H groups in total. The lowest BCUT2D eigenvalue weighted by Crippen LogP contribution is -2.48.